The molecule has 0 fully saturated rings. The summed E-state index contributed by atoms with van der Waals surface area (Å²) in [5.41, 5.74) is 1.77. The lowest BCUT2D eigenvalue weighted by molar-refractivity contribution is 0.119. The third kappa shape index (κ3) is 5.46. The van der Waals surface area contributed by atoms with Gasteiger partial charge < -0.3 is 9.72 Å². The van der Waals surface area contributed by atoms with Gasteiger partial charge in [-0.15, -0.1) is 5.10 Å². The van der Waals surface area contributed by atoms with Crippen molar-refractivity contribution >= 4 is 10.9 Å². The van der Waals surface area contributed by atoms with E-state index in [0.29, 0.717) is 29.9 Å². The van der Waals surface area contributed by atoms with Gasteiger partial charge >= 0.3 is 0 Å². The summed E-state index contributed by atoms with van der Waals surface area (Å²) in [7, 11) is 1.60. The molecular formula is C27H33FN6O2. The normalized spacial score (nSPS) is 13.0. The lowest BCUT2D eigenvalue weighted by Crippen LogP contribution is -2.37. The summed E-state index contributed by atoms with van der Waals surface area (Å²) in [4.78, 5) is 18.3. The number of aromatic amines is 1. The highest BCUT2D eigenvalue weighted by molar-refractivity contribution is 5.80. The van der Waals surface area contributed by atoms with Crippen LogP contribution in [-0.2, 0) is 18.6 Å². The third-order valence-electron chi connectivity index (χ3n) is 6.22. The van der Waals surface area contributed by atoms with Crippen LogP contribution in [0, 0.1) is 11.7 Å². The van der Waals surface area contributed by atoms with Gasteiger partial charge in [0.05, 0.1) is 24.2 Å². The fourth-order valence-electron chi connectivity index (χ4n) is 4.50. The van der Waals surface area contributed by atoms with Crippen LogP contribution >= 0.6 is 0 Å². The van der Waals surface area contributed by atoms with Crippen LogP contribution in [0.1, 0.15) is 57.6 Å². The topological polar surface area (TPSA) is 88.9 Å². The van der Waals surface area contributed by atoms with Gasteiger partial charge in [-0.2, -0.15) is 0 Å². The first kappa shape index (κ1) is 25.5. The molecule has 0 aliphatic heterocycles. The van der Waals surface area contributed by atoms with Gasteiger partial charge in [-0.25, -0.2) is 9.07 Å². The van der Waals surface area contributed by atoms with Gasteiger partial charge in [-0.05, 0) is 78.4 Å². The Balaban J connectivity index is 1.79. The van der Waals surface area contributed by atoms with Crippen molar-refractivity contribution in [2.45, 2.75) is 59.3 Å². The molecule has 36 heavy (non-hydrogen) atoms. The van der Waals surface area contributed by atoms with Gasteiger partial charge in [0.2, 0.25) is 0 Å². The number of fused-ring (bicyclic) bond motifs is 1. The van der Waals surface area contributed by atoms with Crippen LogP contribution in [-0.4, -0.2) is 37.2 Å². The maximum atomic E-state index is 13.6. The molecule has 0 aliphatic carbocycles. The summed E-state index contributed by atoms with van der Waals surface area (Å²) in [5, 5.41) is 13.6. The van der Waals surface area contributed by atoms with E-state index < -0.39 is 0 Å². The first-order valence-electron chi connectivity index (χ1n) is 12.0. The third-order valence-corrected chi connectivity index (χ3v) is 6.22. The molecule has 2 aromatic carbocycles. The minimum absolute atomic E-state index is 0.126. The second-order valence-corrected chi connectivity index (χ2v) is 10.4. The number of nitrogens with one attached hydrogen (secondary N) is 1. The van der Waals surface area contributed by atoms with Gasteiger partial charge in [0.25, 0.3) is 5.56 Å². The minimum Gasteiger partial charge on any atom is -0.497 e. The molecule has 1 unspecified atom stereocenters. The van der Waals surface area contributed by atoms with Crippen LogP contribution in [0.15, 0.2) is 53.3 Å². The van der Waals surface area contributed by atoms with Crippen molar-refractivity contribution in [3.63, 3.8) is 0 Å². The Bertz CT molecular complexity index is 1390. The Kier molecular flexibility index (Phi) is 7.21. The number of methoxy groups -OCH3 is 1. The molecule has 0 spiro atoms. The van der Waals surface area contributed by atoms with Crippen molar-refractivity contribution in [2.75, 3.05) is 7.11 Å². The van der Waals surface area contributed by atoms with Gasteiger partial charge in [0, 0.05) is 24.7 Å². The van der Waals surface area contributed by atoms with E-state index in [1.165, 1.54) is 12.1 Å². The summed E-state index contributed by atoms with van der Waals surface area (Å²) < 4.78 is 20.8. The van der Waals surface area contributed by atoms with E-state index in [9.17, 15) is 9.18 Å². The zero-order chi connectivity index (χ0) is 26.0. The second kappa shape index (κ2) is 10.2. The molecule has 4 aromatic rings. The van der Waals surface area contributed by atoms with E-state index in [4.69, 9.17) is 4.74 Å². The molecule has 190 valence electrons. The number of ether oxygens (including phenoxy) is 1. The van der Waals surface area contributed by atoms with E-state index in [0.717, 1.165) is 16.8 Å². The van der Waals surface area contributed by atoms with Gasteiger partial charge in [-0.1, -0.05) is 26.0 Å². The first-order chi connectivity index (χ1) is 17.1. The van der Waals surface area contributed by atoms with E-state index in [-0.39, 0.29) is 28.9 Å². The maximum absolute atomic E-state index is 13.6. The van der Waals surface area contributed by atoms with Crippen molar-refractivity contribution in [2.24, 2.45) is 5.92 Å². The molecule has 0 saturated heterocycles. The number of pyridine rings is 1. The van der Waals surface area contributed by atoms with Crippen molar-refractivity contribution < 1.29 is 9.13 Å². The van der Waals surface area contributed by atoms with E-state index in [1.54, 1.807) is 19.2 Å². The molecule has 0 radical (unpaired) electrons. The van der Waals surface area contributed by atoms with Crippen molar-refractivity contribution in [3.8, 4) is 5.75 Å². The molecule has 9 heteroatoms. The molecule has 0 saturated carbocycles. The van der Waals surface area contributed by atoms with E-state index >= 15 is 0 Å². The molecule has 4 rings (SSSR count). The summed E-state index contributed by atoms with van der Waals surface area (Å²) in [6.07, 6.45) is 0. The van der Waals surface area contributed by atoms with Crippen LogP contribution in [0.25, 0.3) is 10.9 Å². The predicted octanol–water partition coefficient (Wildman–Crippen LogP) is 4.82. The van der Waals surface area contributed by atoms with E-state index in [1.807, 2.05) is 28.9 Å². The highest BCUT2D eigenvalue weighted by Crippen LogP contribution is 2.32. The van der Waals surface area contributed by atoms with Crippen LogP contribution in [0.4, 0.5) is 4.39 Å². The van der Waals surface area contributed by atoms with Crippen LogP contribution in [0.3, 0.4) is 0 Å². The first-order valence-corrected chi connectivity index (χ1v) is 12.0. The SMILES string of the molecule is COc1ccc2cc(CN(Cc3ccc(F)cc3)C(c3nnnn3C(C)(C)C)C(C)C)c(=O)[nH]c2c1. The number of nitrogens with zero attached hydrogens (tertiary/aromatic N) is 5. The number of rotatable bonds is 8. The van der Waals surface area contributed by atoms with Gasteiger partial charge in [0.1, 0.15) is 11.6 Å². The number of H-pyrrole nitrogens is 1. The minimum atomic E-state index is -0.326. The van der Waals surface area contributed by atoms with Crippen LogP contribution in [0.2, 0.25) is 0 Å². The highest BCUT2D eigenvalue weighted by Gasteiger charge is 2.33. The van der Waals surface area contributed by atoms with Crippen LogP contribution < -0.4 is 10.3 Å². The number of hydrogen-bond acceptors (Lipinski definition) is 6. The Morgan fingerprint density at radius 2 is 1.81 bits per heavy atom. The smallest absolute Gasteiger partial charge is 0.252 e. The summed E-state index contributed by atoms with van der Waals surface area (Å²) in [6.45, 7) is 11.2. The zero-order valence-electron chi connectivity index (χ0n) is 21.6. The summed E-state index contributed by atoms with van der Waals surface area (Å²) >= 11 is 0. The molecule has 2 aromatic heterocycles. The lowest BCUT2D eigenvalue weighted by atomic mass is 9.98. The fourth-order valence-corrected chi connectivity index (χ4v) is 4.50. The Labute approximate surface area is 210 Å². The lowest BCUT2D eigenvalue weighted by Gasteiger charge is -2.35. The fraction of sp³-hybridized carbons (Fsp3) is 0.407. The number of benzene rings is 2. The second-order valence-electron chi connectivity index (χ2n) is 10.4. The average Bonchev–Trinajstić information content (AvgIpc) is 3.30. The predicted molar refractivity (Wildman–Crippen MR) is 137 cm³/mol. The molecular weight excluding hydrogens is 459 g/mol. The number of tetrazole rings is 1. The molecule has 0 amide bonds. The maximum Gasteiger partial charge on any atom is 0.252 e. The van der Waals surface area contributed by atoms with Gasteiger partial charge in [0.15, 0.2) is 5.82 Å². The van der Waals surface area contributed by atoms with E-state index in [2.05, 4.69) is 60.0 Å². The monoisotopic (exact) mass is 492 g/mol. The molecule has 0 bridgehead atoms. The molecule has 8 nitrogen and oxygen atoms in total. The number of halogens is 1. The zero-order valence-corrected chi connectivity index (χ0v) is 21.6. The largest absolute Gasteiger partial charge is 0.497 e. The molecule has 0 aliphatic rings. The summed E-state index contributed by atoms with van der Waals surface area (Å²) in [5.74, 6) is 1.24. The Morgan fingerprint density at radius 1 is 1.08 bits per heavy atom. The highest BCUT2D eigenvalue weighted by atomic mass is 19.1. The summed E-state index contributed by atoms with van der Waals surface area (Å²) in [6, 6.07) is 13.8. The molecule has 1 atom stereocenters. The Morgan fingerprint density at radius 3 is 2.44 bits per heavy atom. The Hall–Kier alpha value is -3.59. The van der Waals surface area contributed by atoms with Crippen LogP contribution in [0.5, 0.6) is 5.75 Å². The van der Waals surface area contributed by atoms with Crippen molar-refractivity contribution in [1.82, 2.24) is 30.1 Å². The average molecular weight is 493 g/mol. The quantitative estimate of drug-likeness (QED) is 0.380. The molecule has 1 N–H and O–H groups in total. The number of aromatic nitrogens is 5. The number of hydrogen-bond donors (Lipinski definition) is 1. The standard InChI is InChI=1S/C27H33FN6O2/c1-17(2)24(25-30-31-32-34(25)27(3,4)5)33(15-18-7-10-21(28)11-8-18)16-20-13-19-9-12-22(36-6)14-23(19)29-26(20)35/h7-14,17,24H,15-16H2,1-6H3,(H,29,35). The molecule has 2 heterocycles. The van der Waals surface area contributed by atoms with Crippen molar-refractivity contribution in [3.05, 3.63) is 81.7 Å². The van der Waals surface area contributed by atoms with Crippen molar-refractivity contribution in [1.29, 1.82) is 0 Å². The van der Waals surface area contributed by atoms with Gasteiger partial charge in [-0.3, -0.25) is 9.69 Å².